The molecule has 0 radical (unpaired) electrons. The zero-order valence-corrected chi connectivity index (χ0v) is 16.9. The highest BCUT2D eigenvalue weighted by atomic mass is 32.2. The van der Waals surface area contributed by atoms with Gasteiger partial charge in [-0.15, -0.1) is 0 Å². The first kappa shape index (κ1) is 21.0. The molecule has 156 valence electrons. The topological polar surface area (TPSA) is 73.4 Å². The molecular formula is C18H27FN4O4S. The van der Waals surface area contributed by atoms with Crippen molar-refractivity contribution in [3.8, 4) is 0 Å². The lowest BCUT2D eigenvalue weighted by molar-refractivity contribution is -0.132. The van der Waals surface area contributed by atoms with E-state index in [1.54, 1.807) is 17.0 Å². The number of morpholine rings is 1. The Labute approximate surface area is 165 Å². The summed E-state index contributed by atoms with van der Waals surface area (Å²) in [7, 11) is -1.64. The second kappa shape index (κ2) is 9.17. The molecule has 1 amide bonds. The minimum atomic E-state index is -3.49. The standard InChI is InChI=1S/C18H27FN4O4S/c1-20(17-4-2-16(19)3-5-17)7-6-18(24)21-8-10-22(11-9-21)28(25,26)23-12-14-27-15-13-23/h2-5H,6-15H2,1H3. The largest absolute Gasteiger partial charge is 0.379 e. The molecule has 1 aromatic carbocycles. The van der Waals surface area contributed by atoms with Crippen molar-refractivity contribution in [1.29, 1.82) is 0 Å². The van der Waals surface area contributed by atoms with Gasteiger partial charge in [-0.25, -0.2) is 4.39 Å². The first-order valence-corrected chi connectivity index (χ1v) is 10.8. The maximum Gasteiger partial charge on any atom is 0.282 e. The van der Waals surface area contributed by atoms with Gasteiger partial charge in [-0.3, -0.25) is 4.79 Å². The number of carbonyl (C=O) groups is 1. The Balaban J connectivity index is 1.46. The van der Waals surface area contributed by atoms with E-state index in [1.165, 1.54) is 20.7 Å². The summed E-state index contributed by atoms with van der Waals surface area (Å²) in [5.74, 6) is -0.296. The van der Waals surface area contributed by atoms with E-state index < -0.39 is 10.2 Å². The fraction of sp³-hybridized carbons (Fsp3) is 0.611. The van der Waals surface area contributed by atoms with Gasteiger partial charge >= 0.3 is 0 Å². The van der Waals surface area contributed by atoms with Gasteiger partial charge in [0, 0.05) is 65.0 Å². The lowest BCUT2D eigenvalue weighted by Crippen LogP contribution is -2.55. The van der Waals surface area contributed by atoms with Gasteiger partial charge in [0.1, 0.15) is 5.82 Å². The molecule has 0 N–H and O–H groups in total. The number of anilines is 1. The molecule has 10 heteroatoms. The van der Waals surface area contributed by atoms with Gasteiger partial charge in [0.05, 0.1) is 13.2 Å². The molecule has 2 fully saturated rings. The van der Waals surface area contributed by atoms with Crippen molar-refractivity contribution < 1.29 is 22.3 Å². The highest BCUT2D eigenvalue weighted by Gasteiger charge is 2.34. The lowest BCUT2D eigenvalue weighted by atomic mass is 10.2. The van der Waals surface area contributed by atoms with E-state index in [1.807, 2.05) is 11.9 Å². The average molecular weight is 415 g/mol. The van der Waals surface area contributed by atoms with Crippen LogP contribution >= 0.6 is 0 Å². The van der Waals surface area contributed by atoms with Crippen LogP contribution in [0, 0.1) is 5.82 Å². The van der Waals surface area contributed by atoms with Crippen LogP contribution in [-0.2, 0) is 19.7 Å². The SMILES string of the molecule is CN(CCC(=O)N1CCN(S(=O)(=O)N2CCOCC2)CC1)c1ccc(F)cc1. The van der Waals surface area contributed by atoms with Crippen LogP contribution in [0.5, 0.6) is 0 Å². The summed E-state index contributed by atoms with van der Waals surface area (Å²) in [5.41, 5.74) is 0.843. The number of halogens is 1. The predicted octanol–water partition coefficient (Wildman–Crippen LogP) is 0.373. The fourth-order valence-electron chi connectivity index (χ4n) is 3.35. The summed E-state index contributed by atoms with van der Waals surface area (Å²) in [6.07, 6.45) is 0.324. The number of hydrogen-bond donors (Lipinski definition) is 0. The van der Waals surface area contributed by atoms with E-state index in [0.29, 0.717) is 65.4 Å². The van der Waals surface area contributed by atoms with Gasteiger partial charge in [0.15, 0.2) is 0 Å². The summed E-state index contributed by atoms with van der Waals surface area (Å²) in [6.45, 7) is 3.48. The van der Waals surface area contributed by atoms with E-state index in [2.05, 4.69) is 0 Å². The number of hydrogen-bond acceptors (Lipinski definition) is 5. The molecule has 28 heavy (non-hydrogen) atoms. The van der Waals surface area contributed by atoms with Gasteiger partial charge in [-0.2, -0.15) is 17.0 Å². The average Bonchev–Trinajstić information content (AvgIpc) is 2.73. The van der Waals surface area contributed by atoms with Crippen molar-refractivity contribution in [3.63, 3.8) is 0 Å². The number of piperazine rings is 1. The number of carbonyl (C=O) groups excluding carboxylic acids is 1. The van der Waals surface area contributed by atoms with E-state index >= 15 is 0 Å². The molecule has 2 aliphatic rings. The molecule has 0 aromatic heterocycles. The van der Waals surface area contributed by atoms with Crippen LogP contribution in [-0.4, -0.2) is 93.9 Å². The number of benzene rings is 1. The molecule has 2 heterocycles. The molecule has 8 nitrogen and oxygen atoms in total. The van der Waals surface area contributed by atoms with E-state index in [0.717, 1.165) is 5.69 Å². The molecule has 1 aromatic rings. The first-order chi connectivity index (χ1) is 13.4. The monoisotopic (exact) mass is 414 g/mol. The summed E-state index contributed by atoms with van der Waals surface area (Å²) < 4.78 is 46.5. The number of amides is 1. The third kappa shape index (κ3) is 4.99. The van der Waals surface area contributed by atoms with Gasteiger partial charge in [0.25, 0.3) is 10.2 Å². The minimum Gasteiger partial charge on any atom is -0.379 e. The maximum absolute atomic E-state index is 13.0. The van der Waals surface area contributed by atoms with Crippen LogP contribution in [0.1, 0.15) is 6.42 Å². The van der Waals surface area contributed by atoms with Crippen molar-refractivity contribution >= 4 is 21.8 Å². The molecule has 0 atom stereocenters. The van der Waals surface area contributed by atoms with E-state index in [4.69, 9.17) is 4.74 Å². The maximum atomic E-state index is 13.0. The smallest absolute Gasteiger partial charge is 0.282 e. The zero-order chi connectivity index (χ0) is 20.1. The molecule has 3 rings (SSSR count). The number of rotatable bonds is 6. The lowest BCUT2D eigenvalue weighted by Gasteiger charge is -2.37. The van der Waals surface area contributed by atoms with Gasteiger partial charge in [-0.1, -0.05) is 0 Å². The quantitative estimate of drug-likeness (QED) is 0.673. The Morgan fingerprint density at radius 1 is 1.04 bits per heavy atom. The van der Waals surface area contributed by atoms with E-state index in [9.17, 15) is 17.6 Å². The Morgan fingerprint density at radius 3 is 2.21 bits per heavy atom. The predicted molar refractivity (Wildman–Crippen MR) is 104 cm³/mol. The Bertz CT molecular complexity index is 760. The second-order valence-corrected chi connectivity index (χ2v) is 8.88. The van der Waals surface area contributed by atoms with Crippen LogP contribution in [0.4, 0.5) is 10.1 Å². The molecule has 2 saturated heterocycles. The van der Waals surface area contributed by atoms with Crippen LogP contribution in [0.25, 0.3) is 0 Å². The van der Waals surface area contributed by atoms with Crippen LogP contribution < -0.4 is 4.90 Å². The molecule has 0 bridgehead atoms. The fourth-order valence-corrected chi connectivity index (χ4v) is 4.92. The zero-order valence-electron chi connectivity index (χ0n) is 16.1. The van der Waals surface area contributed by atoms with Crippen molar-refractivity contribution in [3.05, 3.63) is 30.1 Å². The Morgan fingerprint density at radius 2 is 1.61 bits per heavy atom. The second-order valence-electron chi connectivity index (χ2n) is 6.95. The molecule has 0 saturated carbocycles. The third-order valence-electron chi connectivity index (χ3n) is 5.14. The van der Waals surface area contributed by atoms with Gasteiger partial charge in [-0.05, 0) is 24.3 Å². The summed E-state index contributed by atoms with van der Waals surface area (Å²) in [6, 6.07) is 6.13. The third-order valence-corrected chi connectivity index (χ3v) is 7.18. The molecular weight excluding hydrogens is 387 g/mol. The summed E-state index contributed by atoms with van der Waals surface area (Å²) >= 11 is 0. The normalized spacial score (nSPS) is 19.6. The van der Waals surface area contributed by atoms with Crippen molar-refractivity contribution in [2.75, 3.05) is 71.0 Å². The van der Waals surface area contributed by atoms with Gasteiger partial charge in [0.2, 0.25) is 5.91 Å². The van der Waals surface area contributed by atoms with Crippen LogP contribution in [0.3, 0.4) is 0 Å². The minimum absolute atomic E-state index is 0.00242. The summed E-state index contributed by atoms with van der Waals surface area (Å²) in [4.78, 5) is 16.1. The molecule has 0 unspecified atom stereocenters. The first-order valence-electron chi connectivity index (χ1n) is 9.45. The van der Waals surface area contributed by atoms with Gasteiger partial charge < -0.3 is 14.5 Å². The van der Waals surface area contributed by atoms with E-state index in [-0.39, 0.29) is 11.7 Å². The highest BCUT2D eigenvalue weighted by molar-refractivity contribution is 7.86. The highest BCUT2D eigenvalue weighted by Crippen LogP contribution is 2.16. The molecule has 0 spiro atoms. The number of ether oxygens (including phenoxy) is 1. The summed E-state index contributed by atoms with van der Waals surface area (Å²) in [5, 5.41) is 0. The van der Waals surface area contributed by atoms with Crippen LogP contribution in [0.2, 0.25) is 0 Å². The number of nitrogens with zero attached hydrogens (tertiary/aromatic N) is 4. The molecule has 0 aliphatic carbocycles. The Hall–Kier alpha value is -1.75. The van der Waals surface area contributed by atoms with Crippen molar-refractivity contribution in [1.82, 2.24) is 13.5 Å². The van der Waals surface area contributed by atoms with Crippen molar-refractivity contribution in [2.24, 2.45) is 0 Å². The van der Waals surface area contributed by atoms with Crippen LogP contribution in [0.15, 0.2) is 24.3 Å². The Kier molecular flexibility index (Phi) is 6.86. The van der Waals surface area contributed by atoms with Crippen molar-refractivity contribution in [2.45, 2.75) is 6.42 Å². The molecule has 2 aliphatic heterocycles.